The molecule has 26 heavy (non-hydrogen) atoms. The molecule has 3 aromatic rings. The van der Waals surface area contributed by atoms with Crippen LogP contribution in [0.5, 0.6) is 0 Å². The second-order valence-corrected chi connectivity index (χ2v) is 7.84. The molecule has 0 saturated carbocycles. The molecule has 0 aliphatic rings. The molecule has 0 unspecified atom stereocenters. The highest BCUT2D eigenvalue weighted by Crippen LogP contribution is 2.16. The number of hydrogen-bond donors (Lipinski definition) is 1. The van der Waals surface area contributed by atoms with Crippen molar-refractivity contribution in [3.05, 3.63) is 63.5 Å². The van der Waals surface area contributed by atoms with Crippen molar-refractivity contribution in [2.24, 2.45) is 5.92 Å². The second-order valence-electron chi connectivity index (χ2n) is 6.95. The summed E-state index contributed by atoms with van der Waals surface area (Å²) in [5, 5.41) is 5.33. The smallest absolute Gasteiger partial charge is 0.262 e. The molecule has 1 aromatic carbocycles. The van der Waals surface area contributed by atoms with Gasteiger partial charge in [0, 0.05) is 0 Å². The molecular weight excluding hydrogens is 346 g/mol. The third kappa shape index (κ3) is 4.19. The lowest BCUT2D eigenvalue weighted by molar-refractivity contribution is -0.122. The van der Waals surface area contributed by atoms with Crippen molar-refractivity contribution in [3.8, 4) is 0 Å². The van der Waals surface area contributed by atoms with E-state index >= 15 is 0 Å². The summed E-state index contributed by atoms with van der Waals surface area (Å²) in [6.07, 6.45) is 2.48. The van der Waals surface area contributed by atoms with Gasteiger partial charge in [-0.05, 0) is 41.8 Å². The number of thiophene rings is 1. The number of amides is 1. The largest absolute Gasteiger partial charge is 0.348 e. The van der Waals surface area contributed by atoms with Crippen LogP contribution in [0.15, 0.2) is 46.8 Å². The molecule has 136 valence electrons. The first kappa shape index (κ1) is 18.3. The second kappa shape index (κ2) is 7.83. The van der Waals surface area contributed by atoms with E-state index < -0.39 is 0 Å². The van der Waals surface area contributed by atoms with Gasteiger partial charge in [0.15, 0.2) is 0 Å². The summed E-state index contributed by atoms with van der Waals surface area (Å²) in [5.74, 6) is 0.410. The molecule has 0 aliphatic carbocycles. The number of aromatic nitrogens is 2. The minimum Gasteiger partial charge on any atom is -0.348 e. The lowest BCUT2D eigenvalue weighted by atomic mass is 10.00. The Hall–Kier alpha value is -2.47. The van der Waals surface area contributed by atoms with E-state index in [1.807, 2.05) is 24.4 Å². The molecule has 1 N–H and O–H groups in total. The van der Waals surface area contributed by atoms with E-state index in [0.29, 0.717) is 16.1 Å². The normalized spacial score (nSPS) is 12.5. The SMILES string of the molecule is CC(C)Cc1ccc([C@@H](C)NC(=O)Cn2cnc3sccc3c2=O)cc1. The minimum absolute atomic E-state index is 0.0343. The molecule has 1 amide bonds. The van der Waals surface area contributed by atoms with Crippen LogP contribution in [0.4, 0.5) is 0 Å². The molecule has 0 spiro atoms. The number of carbonyl (C=O) groups excluding carboxylic acids is 1. The molecule has 2 aromatic heterocycles. The standard InChI is InChI=1S/C20H23N3O2S/c1-13(2)10-15-4-6-16(7-5-15)14(3)22-18(24)11-23-12-21-19-17(20(23)25)8-9-26-19/h4-9,12-14H,10-11H2,1-3H3,(H,22,24)/t14-/m1/s1. The quantitative estimate of drug-likeness (QED) is 0.723. The van der Waals surface area contributed by atoms with Crippen LogP contribution < -0.4 is 10.9 Å². The summed E-state index contributed by atoms with van der Waals surface area (Å²) in [5.41, 5.74) is 2.16. The van der Waals surface area contributed by atoms with E-state index in [1.54, 1.807) is 6.07 Å². The molecule has 6 heteroatoms. The van der Waals surface area contributed by atoms with Gasteiger partial charge in [-0.3, -0.25) is 14.2 Å². The number of rotatable bonds is 6. The first-order chi connectivity index (χ1) is 12.4. The fraction of sp³-hybridized carbons (Fsp3) is 0.350. The van der Waals surface area contributed by atoms with Gasteiger partial charge in [-0.15, -0.1) is 11.3 Å². The Bertz CT molecular complexity index is 957. The van der Waals surface area contributed by atoms with E-state index in [-0.39, 0.29) is 24.1 Å². The van der Waals surface area contributed by atoms with Crippen LogP contribution in [0.3, 0.4) is 0 Å². The van der Waals surface area contributed by atoms with Crippen LogP contribution in [0.1, 0.15) is 37.9 Å². The zero-order chi connectivity index (χ0) is 18.7. The van der Waals surface area contributed by atoms with Gasteiger partial charge in [0.25, 0.3) is 5.56 Å². The molecule has 0 bridgehead atoms. The van der Waals surface area contributed by atoms with Gasteiger partial charge in [-0.2, -0.15) is 0 Å². The number of fused-ring (bicyclic) bond motifs is 1. The summed E-state index contributed by atoms with van der Waals surface area (Å²) < 4.78 is 1.35. The van der Waals surface area contributed by atoms with Gasteiger partial charge in [0.1, 0.15) is 11.4 Å². The molecule has 2 heterocycles. The summed E-state index contributed by atoms with van der Waals surface area (Å²) in [7, 11) is 0. The first-order valence-corrected chi connectivity index (χ1v) is 9.63. The summed E-state index contributed by atoms with van der Waals surface area (Å²) in [6, 6.07) is 9.93. The summed E-state index contributed by atoms with van der Waals surface area (Å²) in [6.45, 7) is 6.30. The van der Waals surface area contributed by atoms with Gasteiger partial charge < -0.3 is 5.32 Å². The molecular formula is C20H23N3O2S. The third-order valence-electron chi connectivity index (χ3n) is 4.27. The predicted octanol–water partition coefficient (Wildman–Crippen LogP) is 3.53. The zero-order valence-electron chi connectivity index (χ0n) is 15.2. The van der Waals surface area contributed by atoms with Gasteiger partial charge in [-0.25, -0.2) is 4.98 Å². The average molecular weight is 369 g/mol. The monoisotopic (exact) mass is 369 g/mol. The maximum absolute atomic E-state index is 12.4. The van der Waals surface area contributed by atoms with Crippen LogP contribution >= 0.6 is 11.3 Å². The van der Waals surface area contributed by atoms with Crippen LogP contribution in [0.2, 0.25) is 0 Å². The zero-order valence-corrected chi connectivity index (χ0v) is 16.0. The number of carbonyl (C=O) groups is 1. The van der Waals surface area contributed by atoms with Gasteiger partial charge in [-0.1, -0.05) is 38.1 Å². The highest BCUT2D eigenvalue weighted by atomic mass is 32.1. The van der Waals surface area contributed by atoms with Crippen LogP contribution in [-0.2, 0) is 17.8 Å². The van der Waals surface area contributed by atoms with E-state index in [4.69, 9.17) is 0 Å². The van der Waals surface area contributed by atoms with E-state index in [1.165, 1.54) is 27.8 Å². The molecule has 0 fully saturated rings. The highest BCUT2D eigenvalue weighted by molar-refractivity contribution is 7.16. The molecule has 0 aliphatic heterocycles. The molecule has 5 nitrogen and oxygen atoms in total. The Morgan fingerprint density at radius 1 is 1.19 bits per heavy atom. The van der Waals surface area contributed by atoms with E-state index in [0.717, 1.165) is 12.0 Å². The number of nitrogens with zero attached hydrogens (tertiary/aromatic N) is 2. The van der Waals surface area contributed by atoms with Crippen LogP contribution in [0.25, 0.3) is 10.2 Å². The predicted molar refractivity (Wildman–Crippen MR) is 105 cm³/mol. The van der Waals surface area contributed by atoms with Gasteiger partial charge in [0.2, 0.25) is 5.91 Å². The lowest BCUT2D eigenvalue weighted by Crippen LogP contribution is -2.33. The number of benzene rings is 1. The molecule has 0 radical (unpaired) electrons. The third-order valence-corrected chi connectivity index (χ3v) is 5.09. The topological polar surface area (TPSA) is 64.0 Å². The van der Waals surface area contributed by atoms with Gasteiger partial charge >= 0.3 is 0 Å². The van der Waals surface area contributed by atoms with Crippen molar-refractivity contribution >= 4 is 27.5 Å². The van der Waals surface area contributed by atoms with Crippen LogP contribution in [-0.4, -0.2) is 15.5 Å². The Morgan fingerprint density at radius 2 is 1.92 bits per heavy atom. The number of nitrogens with one attached hydrogen (secondary N) is 1. The highest BCUT2D eigenvalue weighted by Gasteiger charge is 2.12. The first-order valence-electron chi connectivity index (χ1n) is 8.75. The Kier molecular flexibility index (Phi) is 5.52. The Balaban J connectivity index is 1.65. The van der Waals surface area contributed by atoms with Gasteiger partial charge in [0.05, 0.1) is 17.8 Å². The van der Waals surface area contributed by atoms with Crippen molar-refractivity contribution < 1.29 is 4.79 Å². The molecule has 0 saturated heterocycles. The fourth-order valence-electron chi connectivity index (χ4n) is 2.94. The average Bonchev–Trinajstić information content (AvgIpc) is 3.07. The number of hydrogen-bond acceptors (Lipinski definition) is 4. The van der Waals surface area contributed by atoms with Crippen molar-refractivity contribution in [1.82, 2.24) is 14.9 Å². The lowest BCUT2D eigenvalue weighted by Gasteiger charge is -2.16. The van der Waals surface area contributed by atoms with Crippen LogP contribution in [0, 0.1) is 5.92 Å². The molecule has 3 rings (SSSR count). The van der Waals surface area contributed by atoms with Crippen molar-refractivity contribution in [1.29, 1.82) is 0 Å². The van der Waals surface area contributed by atoms with Crippen molar-refractivity contribution in [3.63, 3.8) is 0 Å². The maximum Gasteiger partial charge on any atom is 0.262 e. The van der Waals surface area contributed by atoms with E-state index in [9.17, 15) is 9.59 Å². The Morgan fingerprint density at radius 3 is 2.62 bits per heavy atom. The summed E-state index contributed by atoms with van der Waals surface area (Å²) >= 11 is 1.42. The van der Waals surface area contributed by atoms with E-state index in [2.05, 4.69) is 36.3 Å². The van der Waals surface area contributed by atoms with Crippen molar-refractivity contribution in [2.75, 3.05) is 0 Å². The minimum atomic E-state index is -0.206. The maximum atomic E-state index is 12.4. The molecule has 1 atom stereocenters. The van der Waals surface area contributed by atoms with Crippen molar-refractivity contribution in [2.45, 2.75) is 39.8 Å². The fourth-order valence-corrected chi connectivity index (χ4v) is 3.67. The summed E-state index contributed by atoms with van der Waals surface area (Å²) in [4.78, 5) is 29.6. The Labute approximate surface area is 156 Å².